The maximum absolute atomic E-state index is 6.25. The summed E-state index contributed by atoms with van der Waals surface area (Å²) in [5.41, 5.74) is 2.66. The Labute approximate surface area is 134 Å². The smallest absolute Gasteiger partial charge is 0.0426 e. The molecule has 0 aliphatic heterocycles. The van der Waals surface area contributed by atoms with Gasteiger partial charge in [-0.2, -0.15) is 0 Å². The molecule has 1 aliphatic rings. The lowest BCUT2D eigenvalue weighted by atomic mass is 10.0. The van der Waals surface area contributed by atoms with E-state index in [9.17, 15) is 0 Å². The van der Waals surface area contributed by atoms with Gasteiger partial charge in [-0.05, 0) is 43.5 Å². The third kappa shape index (κ3) is 4.89. The number of anilines is 1. The molecule has 0 bridgehead atoms. The molecular formula is C18H29ClN2. The monoisotopic (exact) mass is 308 g/mol. The molecule has 1 saturated carbocycles. The van der Waals surface area contributed by atoms with Crippen LogP contribution < -0.4 is 10.2 Å². The minimum Gasteiger partial charge on any atom is -0.371 e. The number of nitrogens with zero attached hydrogens (tertiary/aromatic N) is 1. The quantitative estimate of drug-likeness (QED) is 0.588. The second-order valence-electron chi connectivity index (χ2n) is 6.21. The molecule has 0 aromatic heterocycles. The standard InChI is InChI=1S/C18H29ClN2/c1-3-12-20-14-15-10-11-16(19)13-18(15)21(2)17-8-6-4-5-7-9-17/h10-11,13,17,20H,3-9,12,14H2,1-2H3. The molecule has 0 atom stereocenters. The predicted molar refractivity (Wildman–Crippen MR) is 93.3 cm³/mol. The molecule has 1 aromatic carbocycles. The maximum Gasteiger partial charge on any atom is 0.0426 e. The van der Waals surface area contributed by atoms with Gasteiger partial charge in [0.15, 0.2) is 0 Å². The fraction of sp³-hybridized carbons (Fsp3) is 0.667. The lowest BCUT2D eigenvalue weighted by molar-refractivity contribution is 0.550. The van der Waals surface area contributed by atoms with Crippen LogP contribution in [-0.4, -0.2) is 19.6 Å². The molecule has 0 radical (unpaired) electrons. The van der Waals surface area contributed by atoms with Gasteiger partial charge in [0.25, 0.3) is 0 Å². The van der Waals surface area contributed by atoms with Crippen LogP contribution in [0.1, 0.15) is 57.4 Å². The van der Waals surface area contributed by atoms with Crippen LogP contribution in [0.25, 0.3) is 0 Å². The van der Waals surface area contributed by atoms with Gasteiger partial charge in [-0.15, -0.1) is 0 Å². The number of benzene rings is 1. The van der Waals surface area contributed by atoms with Crippen LogP contribution in [0, 0.1) is 0 Å². The number of hydrogen-bond acceptors (Lipinski definition) is 2. The highest BCUT2D eigenvalue weighted by atomic mass is 35.5. The van der Waals surface area contributed by atoms with Crippen molar-refractivity contribution in [2.24, 2.45) is 0 Å². The van der Waals surface area contributed by atoms with E-state index in [1.54, 1.807) is 0 Å². The fourth-order valence-electron chi connectivity index (χ4n) is 3.26. The summed E-state index contributed by atoms with van der Waals surface area (Å²) in [4.78, 5) is 2.47. The minimum atomic E-state index is 0.663. The first kappa shape index (κ1) is 16.6. The summed E-state index contributed by atoms with van der Waals surface area (Å²) in [5, 5.41) is 4.35. The summed E-state index contributed by atoms with van der Waals surface area (Å²) in [5.74, 6) is 0. The molecule has 0 unspecified atom stereocenters. The third-order valence-electron chi connectivity index (χ3n) is 4.54. The van der Waals surface area contributed by atoms with E-state index in [0.29, 0.717) is 6.04 Å². The van der Waals surface area contributed by atoms with Crippen LogP contribution in [0.5, 0.6) is 0 Å². The summed E-state index contributed by atoms with van der Waals surface area (Å²) in [6.45, 7) is 4.19. The summed E-state index contributed by atoms with van der Waals surface area (Å²) >= 11 is 6.25. The van der Waals surface area contributed by atoms with Crippen LogP contribution >= 0.6 is 11.6 Å². The Hall–Kier alpha value is -0.730. The Morgan fingerprint density at radius 2 is 1.90 bits per heavy atom. The highest BCUT2D eigenvalue weighted by molar-refractivity contribution is 6.30. The Kier molecular flexibility index (Phi) is 6.85. The summed E-state index contributed by atoms with van der Waals surface area (Å²) in [7, 11) is 2.24. The van der Waals surface area contributed by atoms with Crippen LogP contribution in [0.4, 0.5) is 5.69 Å². The summed E-state index contributed by atoms with van der Waals surface area (Å²) in [6.07, 6.45) is 9.30. The zero-order valence-electron chi connectivity index (χ0n) is 13.5. The molecule has 3 heteroatoms. The highest BCUT2D eigenvalue weighted by Gasteiger charge is 2.19. The predicted octanol–water partition coefficient (Wildman–Crippen LogP) is 5.00. The molecule has 0 spiro atoms. The van der Waals surface area contributed by atoms with Crippen molar-refractivity contribution in [3.63, 3.8) is 0 Å². The van der Waals surface area contributed by atoms with E-state index < -0.39 is 0 Å². The number of nitrogens with one attached hydrogen (secondary N) is 1. The number of hydrogen-bond donors (Lipinski definition) is 1. The van der Waals surface area contributed by atoms with Crippen molar-refractivity contribution >= 4 is 17.3 Å². The van der Waals surface area contributed by atoms with Crippen molar-refractivity contribution < 1.29 is 0 Å². The summed E-state index contributed by atoms with van der Waals surface area (Å²) < 4.78 is 0. The first-order valence-corrected chi connectivity index (χ1v) is 8.82. The topological polar surface area (TPSA) is 15.3 Å². The van der Waals surface area contributed by atoms with Gasteiger partial charge in [-0.3, -0.25) is 0 Å². The van der Waals surface area contributed by atoms with E-state index in [1.807, 2.05) is 6.07 Å². The lowest BCUT2D eigenvalue weighted by Crippen LogP contribution is -2.32. The zero-order valence-corrected chi connectivity index (χ0v) is 14.3. The van der Waals surface area contributed by atoms with E-state index in [2.05, 4.69) is 36.3 Å². The van der Waals surface area contributed by atoms with Crippen molar-refractivity contribution in [1.82, 2.24) is 5.32 Å². The highest BCUT2D eigenvalue weighted by Crippen LogP contribution is 2.30. The molecule has 21 heavy (non-hydrogen) atoms. The minimum absolute atomic E-state index is 0.663. The van der Waals surface area contributed by atoms with Gasteiger partial charge >= 0.3 is 0 Å². The van der Waals surface area contributed by atoms with Crippen molar-refractivity contribution in [2.75, 3.05) is 18.5 Å². The van der Waals surface area contributed by atoms with Gasteiger partial charge in [0.2, 0.25) is 0 Å². The van der Waals surface area contributed by atoms with E-state index in [1.165, 1.54) is 56.2 Å². The Morgan fingerprint density at radius 1 is 1.19 bits per heavy atom. The zero-order chi connectivity index (χ0) is 15.1. The van der Waals surface area contributed by atoms with Crippen molar-refractivity contribution in [3.05, 3.63) is 28.8 Å². The molecule has 1 aliphatic carbocycles. The first-order valence-electron chi connectivity index (χ1n) is 8.44. The van der Waals surface area contributed by atoms with Gasteiger partial charge in [0, 0.05) is 30.3 Å². The van der Waals surface area contributed by atoms with Gasteiger partial charge < -0.3 is 10.2 Å². The van der Waals surface area contributed by atoms with Gasteiger partial charge in [0.05, 0.1) is 0 Å². The second-order valence-corrected chi connectivity index (χ2v) is 6.64. The van der Waals surface area contributed by atoms with Crippen LogP contribution in [0.15, 0.2) is 18.2 Å². The molecule has 2 rings (SSSR count). The molecule has 1 aromatic rings. The number of rotatable bonds is 6. The van der Waals surface area contributed by atoms with E-state index in [4.69, 9.17) is 11.6 Å². The number of halogens is 1. The molecular weight excluding hydrogens is 280 g/mol. The SMILES string of the molecule is CCCNCc1ccc(Cl)cc1N(C)C1CCCCCC1. The van der Waals surface area contributed by atoms with Crippen LogP contribution in [0.2, 0.25) is 5.02 Å². The van der Waals surface area contributed by atoms with Gasteiger partial charge in [-0.25, -0.2) is 0 Å². The van der Waals surface area contributed by atoms with E-state index in [0.717, 1.165) is 18.1 Å². The third-order valence-corrected chi connectivity index (χ3v) is 4.78. The maximum atomic E-state index is 6.25. The van der Waals surface area contributed by atoms with Gasteiger partial charge in [0.1, 0.15) is 0 Å². The van der Waals surface area contributed by atoms with Gasteiger partial charge in [-0.1, -0.05) is 50.3 Å². The molecule has 0 saturated heterocycles. The second kappa shape index (κ2) is 8.65. The van der Waals surface area contributed by atoms with Crippen LogP contribution in [0.3, 0.4) is 0 Å². The normalized spacial score (nSPS) is 16.7. The van der Waals surface area contributed by atoms with Crippen molar-refractivity contribution in [2.45, 2.75) is 64.5 Å². The molecule has 0 heterocycles. The molecule has 2 nitrogen and oxygen atoms in total. The van der Waals surface area contributed by atoms with E-state index >= 15 is 0 Å². The summed E-state index contributed by atoms with van der Waals surface area (Å²) in [6, 6.07) is 6.98. The van der Waals surface area contributed by atoms with Crippen molar-refractivity contribution in [3.8, 4) is 0 Å². The Morgan fingerprint density at radius 3 is 2.57 bits per heavy atom. The largest absolute Gasteiger partial charge is 0.371 e. The molecule has 1 N–H and O–H groups in total. The Balaban J connectivity index is 2.12. The lowest BCUT2D eigenvalue weighted by Gasteiger charge is -2.31. The molecule has 118 valence electrons. The molecule has 0 amide bonds. The average molecular weight is 309 g/mol. The van der Waals surface area contributed by atoms with Crippen LogP contribution in [-0.2, 0) is 6.54 Å². The Bertz CT molecular complexity index is 425. The van der Waals surface area contributed by atoms with Crippen molar-refractivity contribution in [1.29, 1.82) is 0 Å². The molecule has 1 fully saturated rings. The fourth-order valence-corrected chi connectivity index (χ4v) is 3.42. The average Bonchev–Trinajstić information content (AvgIpc) is 2.77. The van der Waals surface area contributed by atoms with E-state index in [-0.39, 0.29) is 0 Å². The first-order chi connectivity index (χ1) is 10.2.